The number of aromatic nitrogens is 1. The molecule has 1 unspecified atom stereocenters. The van der Waals surface area contributed by atoms with E-state index in [-0.39, 0.29) is 11.6 Å². The summed E-state index contributed by atoms with van der Waals surface area (Å²) in [7, 11) is 0. The number of hydrogen-bond acceptors (Lipinski definition) is 4. The zero-order valence-electron chi connectivity index (χ0n) is 18.8. The topological polar surface area (TPSA) is 34.4 Å². The molecule has 2 aliphatic rings. The number of rotatable bonds is 3. The van der Waals surface area contributed by atoms with Crippen molar-refractivity contribution in [3.63, 3.8) is 0 Å². The molecule has 0 saturated carbocycles. The maximum Gasteiger partial charge on any atom is 0.271 e. The molecule has 2 heterocycles. The lowest BCUT2D eigenvalue weighted by atomic mass is 9.83. The van der Waals surface area contributed by atoms with Crippen LogP contribution in [0.25, 0.3) is 11.8 Å². The van der Waals surface area contributed by atoms with Gasteiger partial charge in [-0.25, -0.2) is 4.99 Å². The lowest BCUT2D eigenvalue weighted by Crippen LogP contribution is -2.38. The van der Waals surface area contributed by atoms with Crippen LogP contribution in [0.3, 0.4) is 0 Å². The molecule has 1 aliphatic carbocycles. The summed E-state index contributed by atoms with van der Waals surface area (Å²) in [5, 5.41) is 0.907. The van der Waals surface area contributed by atoms with Gasteiger partial charge in [0.2, 0.25) is 0 Å². The molecule has 7 heteroatoms. The first-order valence-corrected chi connectivity index (χ1v) is 14.1. The fourth-order valence-electron chi connectivity index (χ4n) is 4.88. The summed E-state index contributed by atoms with van der Waals surface area (Å²) in [6.45, 7) is 0. The summed E-state index contributed by atoms with van der Waals surface area (Å²) < 4.78 is 2.45. The van der Waals surface area contributed by atoms with E-state index in [2.05, 4.69) is 54.8 Å². The average Bonchev–Trinajstić information content (AvgIpc) is 3.20. The van der Waals surface area contributed by atoms with Crippen LogP contribution in [0.15, 0.2) is 87.0 Å². The molecule has 174 valence electrons. The number of halogens is 2. The number of fused-ring (bicyclic) bond motifs is 3. The smallest absolute Gasteiger partial charge is 0.271 e. The van der Waals surface area contributed by atoms with Gasteiger partial charge >= 0.3 is 0 Å². The standard InChI is InChI=1S/C28H20Cl2N2OS2/c1-34-19-12-9-17(10-13-19)26-21-14-11-16-5-2-3-7-20(16)25(21)31-28-32(26)27(33)23(35-28)15-18-6-4-8-22(29)24(18)30/h2-10,12-13,15,26H,11,14H2,1H3. The Hall–Kier alpha value is -2.57. The van der Waals surface area contributed by atoms with E-state index >= 15 is 0 Å². The third-order valence-electron chi connectivity index (χ3n) is 6.57. The summed E-state index contributed by atoms with van der Waals surface area (Å²) in [4.78, 5) is 20.8. The fourth-order valence-corrected chi connectivity index (χ4v) is 6.64. The Kier molecular flexibility index (Phi) is 5.97. The Balaban J connectivity index is 1.62. The van der Waals surface area contributed by atoms with Crippen LogP contribution in [0.2, 0.25) is 10.0 Å². The van der Waals surface area contributed by atoms with E-state index in [0.29, 0.717) is 19.4 Å². The highest BCUT2D eigenvalue weighted by Crippen LogP contribution is 2.41. The zero-order chi connectivity index (χ0) is 24.1. The Bertz CT molecular complexity index is 1680. The van der Waals surface area contributed by atoms with Gasteiger partial charge in [-0.05, 0) is 65.6 Å². The first-order valence-electron chi connectivity index (χ1n) is 11.3. The van der Waals surface area contributed by atoms with Crippen molar-refractivity contribution in [2.75, 3.05) is 6.26 Å². The summed E-state index contributed by atoms with van der Waals surface area (Å²) >= 11 is 15.8. The summed E-state index contributed by atoms with van der Waals surface area (Å²) in [6, 6.07) is 22.2. The molecule has 1 aromatic heterocycles. The molecule has 0 spiro atoms. The molecule has 3 nitrogen and oxygen atoms in total. The predicted octanol–water partition coefficient (Wildman–Crippen LogP) is 6.35. The van der Waals surface area contributed by atoms with Crippen molar-refractivity contribution < 1.29 is 0 Å². The SMILES string of the molecule is CSc1ccc(C2C3=C(N=c4sc(=Cc5cccc(Cl)c5Cl)c(=O)n42)c2ccccc2CC3)cc1. The monoisotopic (exact) mass is 534 g/mol. The molecule has 35 heavy (non-hydrogen) atoms. The lowest BCUT2D eigenvalue weighted by molar-refractivity contribution is 0.585. The first-order chi connectivity index (χ1) is 17.0. The Morgan fingerprint density at radius 3 is 2.63 bits per heavy atom. The van der Waals surface area contributed by atoms with Crippen molar-refractivity contribution in [2.45, 2.75) is 23.8 Å². The summed E-state index contributed by atoms with van der Waals surface area (Å²) in [6.07, 6.45) is 5.70. The minimum Gasteiger partial charge on any atom is -0.272 e. The highest BCUT2D eigenvalue weighted by atomic mass is 35.5. The maximum atomic E-state index is 13.8. The van der Waals surface area contributed by atoms with Crippen LogP contribution in [0.1, 0.15) is 34.7 Å². The van der Waals surface area contributed by atoms with Crippen LogP contribution in [0, 0.1) is 0 Å². The van der Waals surface area contributed by atoms with Crippen molar-refractivity contribution in [3.8, 4) is 0 Å². The average molecular weight is 536 g/mol. The minimum absolute atomic E-state index is 0.0610. The van der Waals surface area contributed by atoms with Gasteiger partial charge in [0.05, 0.1) is 26.3 Å². The normalized spacial score (nSPS) is 17.0. The van der Waals surface area contributed by atoms with E-state index in [1.54, 1.807) is 17.8 Å². The highest BCUT2D eigenvalue weighted by Gasteiger charge is 2.32. The number of aryl methyl sites for hydroxylation is 1. The highest BCUT2D eigenvalue weighted by molar-refractivity contribution is 7.98. The van der Waals surface area contributed by atoms with E-state index in [1.807, 2.05) is 22.8 Å². The second-order valence-corrected chi connectivity index (χ2v) is 11.2. The molecule has 1 aliphatic heterocycles. The zero-order valence-corrected chi connectivity index (χ0v) is 21.9. The van der Waals surface area contributed by atoms with E-state index in [4.69, 9.17) is 28.2 Å². The summed E-state index contributed by atoms with van der Waals surface area (Å²) in [5.74, 6) is 0. The molecule has 0 saturated heterocycles. The van der Waals surface area contributed by atoms with Crippen LogP contribution in [-0.2, 0) is 6.42 Å². The van der Waals surface area contributed by atoms with Crippen LogP contribution < -0.4 is 14.9 Å². The second-order valence-electron chi connectivity index (χ2n) is 8.53. The first kappa shape index (κ1) is 22.9. The molecule has 0 N–H and O–H groups in total. The molecule has 0 fully saturated rings. The van der Waals surface area contributed by atoms with Crippen LogP contribution in [-0.4, -0.2) is 10.8 Å². The van der Waals surface area contributed by atoms with Crippen molar-refractivity contribution in [1.82, 2.24) is 4.57 Å². The number of thiazole rings is 1. The fraction of sp³-hybridized carbons (Fsp3) is 0.143. The van der Waals surface area contributed by atoms with Gasteiger partial charge in [0, 0.05) is 10.5 Å². The Morgan fingerprint density at radius 1 is 1.03 bits per heavy atom. The summed E-state index contributed by atoms with van der Waals surface area (Å²) in [5.41, 5.74) is 6.41. The number of thioether (sulfide) groups is 1. The number of allylic oxidation sites excluding steroid dienone is 1. The molecule has 1 atom stereocenters. The molecule has 3 aromatic carbocycles. The molecule has 0 amide bonds. The van der Waals surface area contributed by atoms with Gasteiger partial charge in [-0.3, -0.25) is 9.36 Å². The maximum absolute atomic E-state index is 13.8. The van der Waals surface area contributed by atoms with E-state index in [1.165, 1.54) is 27.4 Å². The quantitative estimate of drug-likeness (QED) is 0.287. The van der Waals surface area contributed by atoms with Crippen LogP contribution in [0.5, 0.6) is 0 Å². The van der Waals surface area contributed by atoms with Gasteiger partial charge in [0.25, 0.3) is 5.56 Å². The van der Waals surface area contributed by atoms with Crippen molar-refractivity contribution in [3.05, 3.63) is 124 Å². The second kappa shape index (κ2) is 9.14. The number of benzene rings is 3. The molecular formula is C28H20Cl2N2OS2. The van der Waals surface area contributed by atoms with Crippen molar-refractivity contribution >= 4 is 58.1 Å². The Labute approximate surface area is 221 Å². The van der Waals surface area contributed by atoms with Gasteiger partial charge < -0.3 is 0 Å². The van der Waals surface area contributed by atoms with E-state index in [0.717, 1.165) is 35.2 Å². The minimum atomic E-state index is -0.192. The predicted molar refractivity (Wildman–Crippen MR) is 147 cm³/mol. The van der Waals surface area contributed by atoms with Crippen LogP contribution in [0.4, 0.5) is 0 Å². The van der Waals surface area contributed by atoms with Crippen LogP contribution >= 0.6 is 46.3 Å². The molecule has 0 bridgehead atoms. The molecule has 6 rings (SSSR count). The van der Waals surface area contributed by atoms with Gasteiger partial charge in [0.15, 0.2) is 4.80 Å². The Morgan fingerprint density at radius 2 is 1.83 bits per heavy atom. The molecule has 4 aromatic rings. The molecular weight excluding hydrogens is 515 g/mol. The number of nitrogens with zero attached hydrogens (tertiary/aromatic N) is 2. The molecule has 0 radical (unpaired) electrons. The van der Waals surface area contributed by atoms with E-state index in [9.17, 15) is 4.79 Å². The van der Waals surface area contributed by atoms with Gasteiger partial charge in [-0.15, -0.1) is 11.8 Å². The largest absolute Gasteiger partial charge is 0.272 e. The third kappa shape index (κ3) is 3.91. The third-order valence-corrected chi connectivity index (χ3v) is 9.13. The van der Waals surface area contributed by atoms with E-state index < -0.39 is 0 Å². The van der Waals surface area contributed by atoms with Gasteiger partial charge in [-0.2, -0.15) is 0 Å². The van der Waals surface area contributed by atoms with Gasteiger partial charge in [0.1, 0.15) is 0 Å². The van der Waals surface area contributed by atoms with Gasteiger partial charge in [-0.1, -0.05) is 83.1 Å². The lowest BCUT2D eigenvalue weighted by Gasteiger charge is -2.30. The number of hydrogen-bond donors (Lipinski definition) is 0. The van der Waals surface area contributed by atoms with Crippen molar-refractivity contribution in [1.29, 1.82) is 0 Å². The van der Waals surface area contributed by atoms with Crippen molar-refractivity contribution in [2.24, 2.45) is 4.99 Å².